The molecule has 0 bridgehead atoms. The van der Waals surface area contributed by atoms with Crippen LogP contribution in [-0.2, 0) is 12.8 Å². The SMILES string of the molecule is [O-][NH+](O)c1cc[n+](O)c2c1CCC2. The second-order valence-electron chi connectivity index (χ2n) is 3.16. The molecule has 0 spiro atoms. The molecule has 0 radical (unpaired) electrons. The molecule has 0 amide bonds. The molecular formula is C8H11N2O3+. The molecule has 1 aromatic rings. The normalized spacial score (nSPS) is 17.1. The molecule has 13 heavy (non-hydrogen) atoms. The molecule has 0 fully saturated rings. The van der Waals surface area contributed by atoms with Gasteiger partial charge in [0.1, 0.15) is 0 Å². The summed E-state index contributed by atoms with van der Waals surface area (Å²) in [7, 11) is 0. The maximum atomic E-state index is 10.8. The first-order valence-corrected chi connectivity index (χ1v) is 4.19. The summed E-state index contributed by atoms with van der Waals surface area (Å²) in [5, 5.41) is 28.1. The van der Waals surface area contributed by atoms with Crippen LogP contribution in [0.2, 0.25) is 0 Å². The summed E-state index contributed by atoms with van der Waals surface area (Å²) in [4.78, 5) is 0. The van der Waals surface area contributed by atoms with E-state index in [9.17, 15) is 10.4 Å². The van der Waals surface area contributed by atoms with E-state index >= 15 is 0 Å². The molecule has 0 saturated carbocycles. The Labute approximate surface area is 75.0 Å². The average Bonchev–Trinajstić information content (AvgIpc) is 2.53. The zero-order chi connectivity index (χ0) is 9.42. The van der Waals surface area contributed by atoms with Crippen LogP contribution in [0.1, 0.15) is 17.7 Å². The first-order valence-electron chi connectivity index (χ1n) is 4.19. The van der Waals surface area contributed by atoms with Crippen molar-refractivity contribution in [3.63, 3.8) is 0 Å². The van der Waals surface area contributed by atoms with Gasteiger partial charge in [-0.1, -0.05) is 0 Å². The van der Waals surface area contributed by atoms with Crippen LogP contribution in [0, 0.1) is 5.21 Å². The molecule has 3 N–H and O–H groups in total. The molecule has 1 heterocycles. The lowest BCUT2D eigenvalue weighted by Gasteiger charge is -2.12. The van der Waals surface area contributed by atoms with Gasteiger partial charge in [-0.15, -0.1) is 0 Å². The Hall–Kier alpha value is -1.17. The fourth-order valence-electron chi connectivity index (χ4n) is 1.81. The van der Waals surface area contributed by atoms with Crippen molar-refractivity contribution < 1.29 is 20.4 Å². The molecular weight excluding hydrogens is 172 g/mol. The highest BCUT2D eigenvalue weighted by Crippen LogP contribution is 2.22. The average molecular weight is 183 g/mol. The van der Waals surface area contributed by atoms with Crippen LogP contribution in [-0.4, -0.2) is 10.4 Å². The lowest BCUT2D eigenvalue weighted by Crippen LogP contribution is -2.99. The van der Waals surface area contributed by atoms with E-state index in [-0.39, 0.29) is 0 Å². The van der Waals surface area contributed by atoms with Crippen molar-refractivity contribution in [2.45, 2.75) is 19.3 Å². The molecule has 2 rings (SSSR count). The summed E-state index contributed by atoms with van der Waals surface area (Å²) in [6.45, 7) is 0. The minimum Gasteiger partial charge on any atom is -0.595 e. The van der Waals surface area contributed by atoms with Gasteiger partial charge in [0.25, 0.3) is 0 Å². The van der Waals surface area contributed by atoms with Crippen LogP contribution < -0.4 is 9.96 Å². The third-order valence-corrected chi connectivity index (χ3v) is 2.40. The zero-order valence-corrected chi connectivity index (χ0v) is 7.03. The Morgan fingerprint density at radius 2 is 2.23 bits per heavy atom. The smallest absolute Gasteiger partial charge is 0.243 e. The van der Waals surface area contributed by atoms with Crippen LogP contribution in [0.25, 0.3) is 0 Å². The lowest BCUT2D eigenvalue weighted by molar-refractivity contribution is -0.992. The number of nitrogens with zero attached hydrogens (tertiary/aromatic N) is 1. The molecule has 70 valence electrons. The highest BCUT2D eigenvalue weighted by Gasteiger charge is 2.28. The number of pyridine rings is 1. The fourth-order valence-corrected chi connectivity index (χ4v) is 1.81. The summed E-state index contributed by atoms with van der Waals surface area (Å²) in [6, 6.07) is 1.44. The lowest BCUT2D eigenvalue weighted by atomic mass is 10.2. The molecule has 0 aliphatic heterocycles. The molecule has 1 aliphatic rings. The first-order chi connectivity index (χ1) is 6.20. The number of rotatable bonds is 1. The molecule has 5 nitrogen and oxygen atoms in total. The monoisotopic (exact) mass is 183 g/mol. The number of nitrogens with one attached hydrogen (secondary N) is 1. The summed E-state index contributed by atoms with van der Waals surface area (Å²) < 4.78 is 1.02. The molecule has 5 heteroatoms. The van der Waals surface area contributed by atoms with E-state index in [1.54, 1.807) is 0 Å². The number of aromatic nitrogens is 1. The second-order valence-corrected chi connectivity index (χ2v) is 3.16. The van der Waals surface area contributed by atoms with Gasteiger partial charge in [0, 0.05) is 11.2 Å². The molecule has 0 saturated heterocycles. The summed E-state index contributed by atoms with van der Waals surface area (Å²) in [5.74, 6) is 0. The summed E-state index contributed by atoms with van der Waals surface area (Å²) in [6.07, 6.45) is 3.80. The van der Waals surface area contributed by atoms with E-state index in [0.29, 0.717) is 5.69 Å². The standard InChI is InChI=1S/C8H11N2O3/c11-9-5-4-8(10(12)13)6-2-1-3-7(6)9/h4-5,10-12H,1-3H2/q+1. The number of hydrogen-bond acceptors (Lipinski definition) is 3. The molecule has 1 aromatic heterocycles. The third-order valence-electron chi connectivity index (χ3n) is 2.40. The number of fused-ring (bicyclic) bond motifs is 1. The van der Waals surface area contributed by atoms with Crippen LogP contribution in [0.4, 0.5) is 5.69 Å². The predicted octanol–water partition coefficient (Wildman–Crippen LogP) is -0.897. The van der Waals surface area contributed by atoms with E-state index in [1.165, 1.54) is 12.3 Å². The van der Waals surface area contributed by atoms with Gasteiger partial charge in [-0.05, 0) is 12.8 Å². The summed E-state index contributed by atoms with van der Waals surface area (Å²) in [5.41, 5.74) is 1.83. The Kier molecular flexibility index (Phi) is 1.91. The van der Waals surface area contributed by atoms with Crippen molar-refractivity contribution in [3.8, 4) is 0 Å². The van der Waals surface area contributed by atoms with Gasteiger partial charge in [0.15, 0.2) is 5.69 Å². The van der Waals surface area contributed by atoms with Crippen molar-refractivity contribution in [2.75, 3.05) is 0 Å². The first kappa shape index (κ1) is 8.43. The van der Waals surface area contributed by atoms with Crippen molar-refractivity contribution in [2.24, 2.45) is 0 Å². The second kappa shape index (κ2) is 2.95. The molecule has 1 aliphatic carbocycles. The topological polar surface area (TPSA) is 71.8 Å². The third kappa shape index (κ3) is 1.27. The Balaban J connectivity index is 2.56. The van der Waals surface area contributed by atoms with Gasteiger partial charge in [0.2, 0.25) is 11.9 Å². The maximum absolute atomic E-state index is 10.8. The van der Waals surface area contributed by atoms with E-state index < -0.39 is 5.23 Å². The Morgan fingerprint density at radius 3 is 2.92 bits per heavy atom. The zero-order valence-electron chi connectivity index (χ0n) is 7.03. The van der Waals surface area contributed by atoms with E-state index in [1.807, 2.05) is 0 Å². The van der Waals surface area contributed by atoms with Crippen molar-refractivity contribution in [3.05, 3.63) is 28.7 Å². The van der Waals surface area contributed by atoms with Crippen molar-refractivity contribution in [1.29, 1.82) is 0 Å². The minimum absolute atomic E-state index is 0.317. The van der Waals surface area contributed by atoms with E-state index in [2.05, 4.69) is 0 Å². The summed E-state index contributed by atoms with van der Waals surface area (Å²) >= 11 is 0. The van der Waals surface area contributed by atoms with Crippen molar-refractivity contribution in [1.82, 2.24) is 0 Å². The van der Waals surface area contributed by atoms with Crippen LogP contribution >= 0.6 is 0 Å². The van der Waals surface area contributed by atoms with Crippen LogP contribution in [0.3, 0.4) is 0 Å². The number of quaternary nitrogens is 1. The minimum atomic E-state index is -0.918. The van der Waals surface area contributed by atoms with Crippen LogP contribution in [0.15, 0.2) is 12.3 Å². The molecule has 1 unspecified atom stereocenters. The Bertz CT molecular complexity index is 338. The van der Waals surface area contributed by atoms with E-state index in [0.717, 1.165) is 35.3 Å². The van der Waals surface area contributed by atoms with Gasteiger partial charge in [-0.3, -0.25) is 5.21 Å². The van der Waals surface area contributed by atoms with Gasteiger partial charge in [-0.25, -0.2) is 5.21 Å². The molecule has 1 atom stereocenters. The highest BCUT2D eigenvalue weighted by atomic mass is 16.8. The van der Waals surface area contributed by atoms with E-state index in [4.69, 9.17) is 5.21 Å². The predicted molar refractivity (Wildman–Crippen MR) is 41.6 cm³/mol. The molecule has 0 aromatic carbocycles. The van der Waals surface area contributed by atoms with Gasteiger partial charge < -0.3 is 5.21 Å². The van der Waals surface area contributed by atoms with Crippen LogP contribution in [0.5, 0.6) is 0 Å². The van der Waals surface area contributed by atoms with Gasteiger partial charge >= 0.3 is 0 Å². The Morgan fingerprint density at radius 1 is 1.46 bits per heavy atom. The highest BCUT2D eigenvalue weighted by molar-refractivity contribution is 5.41. The van der Waals surface area contributed by atoms with Gasteiger partial charge in [0.05, 0.1) is 11.6 Å². The quantitative estimate of drug-likeness (QED) is 0.300. The maximum Gasteiger partial charge on any atom is 0.243 e. The van der Waals surface area contributed by atoms with Gasteiger partial charge in [-0.2, -0.15) is 5.23 Å². The van der Waals surface area contributed by atoms with Crippen molar-refractivity contribution >= 4 is 5.69 Å². The largest absolute Gasteiger partial charge is 0.595 e. The fraction of sp³-hybridized carbons (Fsp3) is 0.375. The number of hydrogen-bond donors (Lipinski definition) is 3.